The zero-order valence-electron chi connectivity index (χ0n) is 10.7. The van der Waals surface area contributed by atoms with E-state index in [1.54, 1.807) is 6.20 Å². The molecule has 0 aliphatic carbocycles. The highest BCUT2D eigenvalue weighted by Crippen LogP contribution is 2.37. The zero-order valence-corrected chi connectivity index (χ0v) is 10.7. The number of aliphatic hydroxyl groups is 1. The predicted molar refractivity (Wildman–Crippen MR) is 71.1 cm³/mol. The van der Waals surface area contributed by atoms with Crippen LogP contribution in [0.3, 0.4) is 0 Å². The SMILES string of the molecule is Nc1ncccc1CC1(O)CCN2CCCCC21. The summed E-state index contributed by atoms with van der Waals surface area (Å²) in [5, 5.41) is 10.9. The maximum atomic E-state index is 10.9. The van der Waals surface area contributed by atoms with E-state index < -0.39 is 5.60 Å². The van der Waals surface area contributed by atoms with Crippen LogP contribution in [0.5, 0.6) is 0 Å². The summed E-state index contributed by atoms with van der Waals surface area (Å²) >= 11 is 0. The van der Waals surface area contributed by atoms with Crippen LogP contribution in [0.2, 0.25) is 0 Å². The molecule has 0 amide bonds. The standard InChI is InChI=1S/C14H21N3O/c15-13-11(4-3-7-16-13)10-14(18)6-9-17-8-2-1-5-12(14)17/h3-4,7,12,18H,1-2,5-6,8-10H2,(H2,15,16). The molecular formula is C14H21N3O. The van der Waals surface area contributed by atoms with Gasteiger partial charge in [0, 0.05) is 25.2 Å². The molecule has 4 heteroatoms. The lowest BCUT2D eigenvalue weighted by Gasteiger charge is -2.37. The van der Waals surface area contributed by atoms with E-state index in [2.05, 4.69) is 9.88 Å². The molecule has 0 bridgehead atoms. The number of fused-ring (bicyclic) bond motifs is 1. The first-order valence-electron chi connectivity index (χ1n) is 6.85. The number of hydrogen-bond donors (Lipinski definition) is 2. The fourth-order valence-electron chi connectivity index (χ4n) is 3.51. The summed E-state index contributed by atoms with van der Waals surface area (Å²) in [6.07, 6.45) is 6.79. The van der Waals surface area contributed by atoms with E-state index in [9.17, 15) is 5.11 Å². The van der Waals surface area contributed by atoms with Gasteiger partial charge in [-0.25, -0.2) is 4.98 Å². The topological polar surface area (TPSA) is 62.4 Å². The Morgan fingerprint density at radius 2 is 2.33 bits per heavy atom. The summed E-state index contributed by atoms with van der Waals surface area (Å²) in [7, 11) is 0. The summed E-state index contributed by atoms with van der Waals surface area (Å²) < 4.78 is 0. The molecule has 3 N–H and O–H groups in total. The average Bonchev–Trinajstić information content (AvgIpc) is 2.71. The zero-order chi connectivity index (χ0) is 12.6. The van der Waals surface area contributed by atoms with Crippen LogP contribution in [-0.4, -0.2) is 39.7 Å². The van der Waals surface area contributed by atoms with Crippen LogP contribution in [0.15, 0.2) is 18.3 Å². The van der Waals surface area contributed by atoms with E-state index in [1.165, 1.54) is 12.8 Å². The van der Waals surface area contributed by atoms with Crippen molar-refractivity contribution in [1.82, 2.24) is 9.88 Å². The Hall–Kier alpha value is -1.13. The van der Waals surface area contributed by atoms with Gasteiger partial charge in [-0.05, 0) is 37.4 Å². The van der Waals surface area contributed by atoms with Crippen molar-refractivity contribution in [1.29, 1.82) is 0 Å². The second-order valence-electron chi connectivity index (χ2n) is 5.63. The maximum Gasteiger partial charge on any atom is 0.126 e. The molecule has 2 aliphatic heterocycles. The van der Waals surface area contributed by atoms with Crippen molar-refractivity contribution in [3.8, 4) is 0 Å². The molecule has 3 heterocycles. The van der Waals surface area contributed by atoms with E-state index >= 15 is 0 Å². The largest absolute Gasteiger partial charge is 0.388 e. The first-order valence-corrected chi connectivity index (χ1v) is 6.85. The molecule has 2 fully saturated rings. The molecule has 98 valence electrons. The molecular weight excluding hydrogens is 226 g/mol. The predicted octanol–water partition coefficient (Wildman–Crippen LogP) is 1.20. The molecule has 0 radical (unpaired) electrons. The third kappa shape index (κ3) is 1.99. The quantitative estimate of drug-likeness (QED) is 0.824. The lowest BCUT2D eigenvalue weighted by molar-refractivity contribution is -0.00879. The van der Waals surface area contributed by atoms with Crippen molar-refractivity contribution < 1.29 is 5.11 Å². The van der Waals surface area contributed by atoms with E-state index in [1.807, 2.05) is 12.1 Å². The van der Waals surface area contributed by atoms with Crippen LogP contribution < -0.4 is 5.73 Å². The Morgan fingerprint density at radius 3 is 3.17 bits per heavy atom. The number of nitrogens with two attached hydrogens (primary N) is 1. The summed E-state index contributed by atoms with van der Waals surface area (Å²) in [6.45, 7) is 2.15. The number of aromatic nitrogens is 1. The number of rotatable bonds is 2. The van der Waals surface area contributed by atoms with Gasteiger partial charge in [-0.2, -0.15) is 0 Å². The first-order chi connectivity index (χ1) is 8.69. The van der Waals surface area contributed by atoms with Crippen LogP contribution >= 0.6 is 0 Å². The fourth-order valence-corrected chi connectivity index (χ4v) is 3.51. The van der Waals surface area contributed by atoms with Crippen LogP contribution in [0, 0.1) is 0 Å². The van der Waals surface area contributed by atoms with Crippen LogP contribution in [0.1, 0.15) is 31.2 Å². The Labute approximate surface area is 108 Å². The Kier molecular flexibility index (Phi) is 2.99. The molecule has 18 heavy (non-hydrogen) atoms. The van der Waals surface area contributed by atoms with Crippen LogP contribution in [0.25, 0.3) is 0 Å². The van der Waals surface area contributed by atoms with Gasteiger partial charge in [0.25, 0.3) is 0 Å². The molecule has 2 saturated heterocycles. The molecule has 4 nitrogen and oxygen atoms in total. The lowest BCUT2D eigenvalue weighted by Crippen LogP contribution is -2.48. The average molecular weight is 247 g/mol. The van der Waals surface area contributed by atoms with E-state index in [0.29, 0.717) is 18.3 Å². The third-order valence-electron chi connectivity index (χ3n) is 4.49. The van der Waals surface area contributed by atoms with E-state index in [4.69, 9.17) is 5.73 Å². The highest BCUT2D eigenvalue weighted by atomic mass is 16.3. The number of piperidine rings is 1. The monoisotopic (exact) mass is 247 g/mol. The molecule has 2 atom stereocenters. The molecule has 0 spiro atoms. The van der Waals surface area contributed by atoms with Gasteiger partial charge in [0.15, 0.2) is 0 Å². The normalized spacial score (nSPS) is 32.4. The van der Waals surface area contributed by atoms with Gasteiger partial charge in [-0.3, -0.25) is 4.90 Å². The molecule has 1 aromatic rings. The van der Waals surface area contributed by atoms with Gasteiger partial charge in [0.1, 0.15) is 5.82 Å². The Bertz CT molecular complexity index is 437. The van der Waals surface area contributed by atoms with Gasteiger partial charge in [-0.1, -0.05) is 12.5 Å². The smallest absolute Gasteiger partial charge is 0.126 e. The van der Waals surface area contributed by atoms with Crippen molar-refractivity contribution >= 4 is 5.82 Å². The molecule has 3 rings (SSSR count). The summed E-state index contributed by atoms with van der Waals surface area (Å²) in [6, 6.07) is 4.18. The van der Waals surface area contributed by atoms with Gasteiger partial charge in [0.2, 0.25) is 0 Å². The van der Waals surface area contributed by atoms with E-state index in [-0.39, 0.29) is 0 Å². The van der Waals surface area contributed by atoms with Crippen LogP contribution in [0.4, 0.5) is 5.82 Å². The van der Waals surface area contributed by atoms with Crippen molar-refractivity contribution in [2.45, 2.75) is 43.7 Å². The van der Waals surface area contributed by atoms with Gasteiger partial charge >= 0.3 is 0 Å². The Morgan fingerprint density at radius 1 is 1.44 bits per heavy atom. The molecule has 0 aromatic carbocycles. The van der Waals surface area contributed by atoms with E-state index in [0.717, 1.165) is 31.5 Å². The van der Waals surface area contributed by atoms with Crippen molar-refractivity contribution in [2.75, 3.05) is 18.8 Å². The Balaban J connectivity index is 1.81. The molecule has 2 unspecified atom stereocenters. The first kappa shape index (κ1) is 11.9. The maximum absolute atomic E-state index is 10.9. The molecule has 2 aliphatic rings. The number of hydrogen-bond acceptors (Lipinski definition) is 4. The lowest BCUT2D eigenvalue weighted by atomic mass is 9.84. The highest BCUT2D eigenvalue weighted by Gasteiger charge is 2.46. The minimum Gasteiger partial charge on any atom is -0.388 e. The summed E-state index contributed by atoms with van der Waals surface area (Å²) in [4.78, 5) is 6.55. The minimum absolute atomic E-state index is 0.311. The second kappa shape index (κ2) is 4.52. The second-order valence-corrected chi connectivity index (χ2v) is 5.63. The number of nitrogen functional groups attached to an aromatic ring is 1. The molecule has 1 aromatic heterocycles. The number of pyridine rings is 1. The number of anilines is 1. The van der Waals surface area contributed by atoms with Crippen LogP contribution in [-0.2, 0) is 6.42 Å². The highest BCUT2D eigenvalue weighted by molar-refractivity contribution is 5.39. The van der Waals surface area contributed by atoms with Crippen molar-refractivity contribution in [3.63, 3.8) is 0 Å². The minimum atomic E-state index is -0.614. The third-order valence-corrected chi connectivity index (χ3v) is 4.49. The van der Waals surface area contributed by atoms with Gasteiger partial charge in [0.05, 0.1) is 5.60 Å². The number of nitrogens with zero attached hydrogens (tertiary/aromatic N) is 2. The van der Waals surface area contributed by atoms with Gasteiger partial charge < -0.3 is 10.8 Å². The van der Waals surface area contributed by atoms with Crippen molar-refractivity contribution in [3.05, 3.63) is 23.9 Å². The molecule has 0 saturated carbocycles. The fraction of sp³-hybridized carbons (Fsp3) is 0.643. The summed E-state index contributed by atoms with van der Waals surface area (Å²) in [5.41, 5.74) is 6.26. The van der Waals surface area contributed by atoms with Gasteiger partial charge in [-0.15, -0.1) is 0 Å². The summed E-state index contributed by atoms with van der Waals surface area (Å²) in [5.74, 6) is 0.556. The van der Waals surface area contributed by atoms with Crippen molar-refractivity contribution in [2.24, 2.45) is 0 Å².